The SMILES string of the molecule is CC1(NC(=O)[C@@H]2CCC(C(=N)c3cccc(OC(F)F)c3)=C(Nc3ncc(F)cc3F)C2)CS(=O)(=O)C1. The molecule has 1 aromatic carbocycles. The first-order valence-corrected chi connectivity index (χ1v) is 13.1. The second-order valence-corrected chi connectivity index (χ2v) is 11.4. The zero-order chi connectivity index (χ0) is 27.0. The van der Waals surface area contributed by atoms with E-state index in [-0.39, 0.29) is 58.8 Å². The number of alkyl halides is 2. The molecule has 0 spiro atoms. The molecule has 1 fully saturated rings. The molecule has 4 rings (SSSR count). The maximum absolute atomic E-state index is 14.4. The Morgan fingerprint density at radius 2 is 1.97 bits per heavy atom. The lowest BCUT2D eigenvalue weighted by atomic mass is 9.82. The molecule has 0 saturated carbocycles. The second kappa shape index (κ2) is 10.1. The molecule has 8 nitrogen and oxygen atoms in total. The van der Waals surface area contributed by atoms with Gasteiger partial charge in [-0.2, -0.15) is 8.78 Å². The minimum absolute atomic E-state index is 0.0259. The average Bonchev–Trinajstić information content (AvgIpc) is 2.78. The quantitative estimate of drug-likeness (QED) is 0.346. The number of anilines is 1. The van der Waals surface area contributed by atoms with Crippen LogP contribution in [0.3, 0.4) is 0 Å². The van der Waals surface area contributed by atoms with Crippen molar-refractivity contribution in [2.45, 2.75) is 38.3 Å². The molecule has 2 heterocycles. The Labute approximate surface area is 210 Å². The Morgan fingerprint density at radius 3 is 2.62 bits per heavy atom. The standard InChI is InChI=1S/C24H24F4N4O4S/c1-24(11-37(34,35)12-24)32-22(33)14-5-6-17(19(8-14)31-21-18(26)9-15(25)10-30-21)20(29)13-3-2-4-16(7-13)36-23(27)28/h2-4,7,9-10,14,23,29H,5-6,8,11-12H2,1H3,(H,30,31)(H,32,33)/t14-/m1/s1. The van der Waals surface area contributed by atoms with E-state index in [0.717, 1.165) is 6.20 Å². The predicted molar refractivity (Wildman–Crippen MR) is 127 cm³/mol. The van der Waals surface area contributed by atoms with Crippen LogP contribution >= 0.6 is 0 Å². The van der Waals surface area contributed by atoms with Crippen LogP contribution in [-0.2, 0) is 14.6 Å². The van der Waals surface area contributed by atoms with E-state index in [2.05, 4.69) is 20.4 Å². The van der Waals surface area contributed by atoms with E-state index in [1.54, 1.807) is 6.92 Å². The van der Waals surface area contributed by atoms with Crippen LogP contribution < -0.4 is 15.4 Å². The summed E-state index contributed by atoms with van der Waals surface area (Å²) in [5.74, 6) is -3.67. The van der Waals surface area contributed by atoms with Crippen LogP contribution in [0.4, 0.5) is 23.4 Å². The van der Waals surface area contributed by atoms with Gasteiger partial charge in [-0.1, -0.05) is 12.1 Å². The highest BCUT2D eigenvalue weighted by molar-refractivity contribution is 7.93. The fraction of sp³-hybridized carbons (Fsp3) is 0.375. The van der Waals surface area contributed by atoms with Gasteiger partial charge in [0.2, 0.25) is 5.91 Å². The average molecular weight is 541 g/mol. The van der Waals surface area contributed by atoms with Crippen molar-refractivity contribution in [2.75, 3.05) is 16.8 Å². The Bertz CT molecular complexity index is 1370. The fourth-order valence-corrected chi connectivity index (χ4v) is 6.62. The van der Waals surface area contributed by atoms with Crippen LogP contribution in [-0.4, -0.2) is 48.7 Å². The van der Waals surface area contributed by atoms with Crippen LogP contribution in [0.25, 0.3) is 0 Å². The highest BCUT2D eigenvalue weighted by Crippen LogP contribution is 2.34. The normalized spacial score (nSPS) is 20.2. The summed E-state index contributed by atoms with van der Waals surface area (Å²) in [7, 11) is -3.19. The minimum Gasteiger partial charge on any atom is -0.435 e. The molecule has 1 aliphatic heterocycles. The Kier molecular flexibility index (Phi) is 7.27. The van der Waals surface area contributed by atoms with Gasteiger partial charge < -0.3 is 15.4 Å². The summed E-state index contributed by atoms with van der Waals surface area (Å²) in [6, 6.07) is 6.20. The number of nitrogens with zero attached hydrogens (tertiary/aromatic N) is 1. The smallest absolute Gasteiger partial charge is 0.387 e. The summed E-state index contributed by atoms with van der Waals surface area (Å²) in [5, 5.41) is 14.3. The molecule has 198 valence electrons. The number of halogens is 4. The Hall–Kier alpha value is -3.48. The number of hydrogen-bond donors (Lipinski definition) is 3. The van der Waals surface area contributed by atoms with Gasteiger partial charge in [0.05, 0.1) is 29.0 Å². The van der Waals surface area contributed by atoms with E-state index in [4.69, 9.17) is 5.41 Å². The summed E-state index contributed by atoms with van der Waals surface area (Å²) in [5.41, 5.74) is -0.00595. The van der Waals surface area contributed by atoms with Gasteiger partial charge in [-0.15, -0.1) is 0 Å². The van der Waals surface area contributed by atoms with Gasteiger partial charge in [0.25, 0.3) is 0 Å². The lowest BCUT2D eigenvalue weighted by Crippen LogP contribution is -2.64. The van der Waals surface area contributed by atoms with E-state index < -0.39 is 39.5 Å². The largest absolute Gasteiger partial charge is 0.435 e. The summed E-state index contributed by atoms with van der Waals surface area (Å²) in [4.78, 5) is 16.7. The van der Waals surface area contributed by atoms with Crippen molar-refractivity contribution in [1.82, 2.24) is 10.3 Å². The van der Waals surface area contributed by atoms with Gasteiger partial charge in [-0.05, 0) is 43.9 Å². The second-order valence-electron chi connectivity index (χ2n) is 9.37. The molecule has 0 unspecified atom stereocenters. The number of benzene rings is 1. The number of ether oxygens (including phenoxy) is 1. The zero-order valence-electron chi connectivity index (χ0n) is 19.7. The Balaban J connectivity index is 1.62. The van der Waals surface area contributed by atoms with Crippen LogP contribution in [0, 0.1) is 23.0 Å². The first-order chi connectivity index (χ1) is 17.3. The third-order valence-corrected chi connectivity index (χ3v) is 8.31. The summed E-state index contributed by atoms with van der Waals surface area (Å²) in [6.45, 7) is -1.41. The number of hydrogen-bond acceptors (Lipinski definition) is 7. The molecule has 13 heteroatoms. The predicted octanol–water partition coefficient (Wildman–Crippen LogP) is 3.80. The van der Waals surface area contributed by atoms with E-state index in [1.807, 2.05) is 0 Å². The monoisotopic (exact) mass is 540 g/mol. The van der Waals surface area contributed by atoms with Crippen molar-refractivity contribution in [3.05, 3.63) is 65.0 Å². The molecule has 1 saturated heterocycles. The number of carbonyl (C=O) groups excluding carboxylic acids is 1. The lowest BCUT2D eigenvalue weighted by molar-refractivity contribution is -0.126. The number of nitrogens with one attached hydrogen (secondary N) is 3. The van der Waals surface area contributed by atoms with Crippen LogP contribution in [0.15, 0.2) is 47.8 Å². The zero-order valence-corrected chi connectivity index (χ0v) is 20.5. The van der Waals surface area contributed by atoms with E-state index >= 15 is 0 Å². The number of rotatable bonds is 8. The topological polar surface area (TPSA) is 121 Å². The summed E-state index contributed by atoms with van der Waals surface area (Å²) >= 11 is 0. The maximum Gasteiger partial charge on any atom is 0.387 e. The molecule has 1 aliphatic carbocycles. The molecule has 0 radical (unpaired) electrons. The number of sulfone groups is 1. The van der Waals surface area contributed by atoms with Crippen LogP contribution in [0.1, 0.15) is 31.7 Å². The third-order valence-electron chi connectivity index (χ3n) is 6.16. The molecule has 1 atom stereocenters. The number of allylic oxidation sites excluding steroid dienone is 2. The Morgan fingerprint density at radius 1 is 1.24 bits per heavy atom. The molecule has 2 aromatic rings. The number of aromatic nitrogens is 1. The van der Waals surface area contributed by atoms with Gasteiger partial charge in [-0.25, -0.2) is 22.2 Å². The molecular weight excluding hydrogens is 516 g/mol. The van der Waals surface area contributed by atoms with Crippen LogP contribution in [0.2, 0.25) is 0 Å². The van der Waals surface area contributed by atoms with E-state index in [0.29, 0.717) is 18.1 Å². The van der Waals surface area contributed by atoms with Crippen molar-refractivity contribution in [3.8, 4) is 5.75 Å². The number of pyridine rings is 1. The molecule has 2 aliphatic rings. The lowest BCUT2D eigenvalue weighted by Gasteiger charge is -2.40. The van der Waals surface area contributed by atoms with E-state index in [9.17, 15) is 30.8 Å². The maximum atomic E-state index is 14.4. The van der Waals surface area contributed by atoms with Crippen molar-refractivity contribution in [1.29, 1.82) is 5.41 Å². The highest BCUT2D eigenvalue weighted by atomic mass is 32.2. The first kappa shape index (κ1) is 26.6. The van der Waals surface area contributed by atoms with Crippen molar-refractivity contribution < 1.29 is 35.5 Å². The molecule has 37 heavy (non-hydrogen) atoms. The molecule has 0 bridgehead atoms. The molecule has 1 amide bonds. The summed E-state index contributed by atoms with van der Waals surface area (Å²) < 4.78 is 80.6. The van der Waals surface area contributed by atoms with Crippen molar-refractivity contribution in [3.63, 3.8) is 0 Å². The molecule has 3 N–H and O–H groups in total. The third kappa shape index (κ3) is 6.27. The van der Waals surface area contributed by atoms with Gasteiger partial charge in [0.1, 0.15) is 11.6 Å². The van der Waals surface area contributed by atoms with E-state index in [1.165, 1.54) is 24.3 Å². The number of amides is 1. The van der Waals surface area contributed by atoms with Gasteiger partial charge in [0, 0.05) is 23.2 Å². The van der Waals surface area contributed by atoms with Gasteiger partial charge >= 0.3 is 6.61 Å². The molecular formula is C24H24F4N4O4S. The van der Waals surface area contributed by atoms with Gasteiger partial charge in [-0.3, -0.25) is 10.2 Å². The fourth-order valence-electron chi connectivity index (χ4n) is 4.62. The van der Waals surface area contributed by atoms with Crippen molar-refractivity contribution in [2.24, 2.45) is 5.92 Å². The van der Waals surface area contributed by atoms with Crippen molar-refractivity contribution >= 4 is 27.3 Å². The minimum atomic E-state index is -3.19. The first-order valence-electron chi connectivity index (χ1n) is 11.3. The van der Waals surface area contributed by atoms with Gasteiger partial charge in [0.15, 0.2) is 21.5 Å². The highest BCUT2D eigenvalue weighted by Gasteiger charge is 2.46. The molecule has 1 aromatic heterocycles. The number of carbonyl (C=O) groups is 1. The van der Waals surface area contributed by atoms with Crippen LogP contribution in [0.5, 0.6) is 5.75 Å². The summed E-state index contributed by atoms with van der Waals surface area (Å²) in [6.07, 6.45) is 1.33.